The fourth-order valence-electron chi connectivity index (χ4n) is 3.73. The van der Waals surface area contributed by atoms with E-state index in [1.165, 1.54) is 13.2 Å². The standard InChI is InChI=1S/C24H19N3O5/c1-32-24(29)20(14-15-8-2-7-13-21(15)27(30)31)26-23(28)22-16-9-3-5-11-18(16)25-19-12-6-4-10-17(19)22/h2-13,20H,14H2,1H3,(H,26,28)/t20-/m1/s1. The van der Waals surface area contributed by atoms with Crippen LogP contribution in [0.3, 0.4) is 0 Å². The van der Waals surface area contributed by atoms with Gasteiger partial charge in [0.25, 0.3) is 11.6 Å². The van der Waals surface area contributed by atoms with Crippen LogP contribution >= 0.6 is 0 Å². The number of aromatic nitrogens is 1. The molecule has 0 aliphatic rings. The molecular weight excluding hydrogens is 410 g/mol. The van der Waals surface area contributed by atoms with Crippen LogP contribution in [0.4, 0.5) is 5.69 Å². The summed E-state index contributed by atoms with van der Waals surface area (Å²) in [6.45, 7) is 0. The average Bonchev–Trinajstić information content (AvgIpc) is 2.81. The minimum absolute atomic E-state index is 0.0868. The van der Waals surface area contributed by atoms with Crippen LogP contribution in [-0.4, -0.2) is 34.9 Å². The summed E-state index contributed by atoms with van der Waals surface area (Å²) in [5.41, 5.74) is 1.85. The topological polar surface area (TPSA) is 111 Å². The molecule has 32 heavy (non-hydrogen) atoms. The van der Waals surface area contributed by atoms with Crippen LogP contribution in [-0.2, 0) is 16.0 Å². The Bertz CT molecular complexity index is 1300. The molecule has 8 nitrogen and oxygen atoms in total. The fourth-order valence-corrected chi connectivity index (χ4v) is 3.73. The molecule has 3 aromatic carbocycles. The Morgan fingerprint density at radius 3 is 2.12 bits per heavy atom. The molecule has 0 aliphatic heterocycles. The number of nitrogens with one attached hydrogen (secondary N) is 1. The lowest BCUT2D eigenvalue weighted by Crippen LogP contribution is -2.43. The van der Waals surface area contributed by atoms with Crippen LogP contribution in [0, 0.1) is 10.1 Å². The third-order valence-corrected chi connectivity index (χ3v) is 5.22. The van der Waals surface area contributed by atoms with Gasteiger partial charge in [0.15, 0.2) is 0 Å². The van der Waals surface area contributed by atoms with Crippen molar-refractivity contribution < 1.29 is 19.2 Å². The number of hydrogen-bond donors (Lipinski definition) is 1. The van der Waals surface area contributed by atoms with E-state index in [0.29, 0.717) is 32.9 Å². The lowest BCUT2D eigenvalue weighted by atomic mass is 10.00. The number of benzene rings is 3. The Labute approximate surface area is 183 Å². The van der Waals surface area contributed by atoms with Crippen molar-refractivity contribution in [1.29, 1.82) is 0 Å². The minimum Gasteiger partial charge on any atom is -0.467 e. The number of carbonyl (C=O) groups is 2. The Kier molecular flexibility index (Phi) is 5.76. The molecule has 1 atom stereocenters. The van der Waals surface area contributed by atoms with E-state index < -0.39 is 22.8 Å². The lowest BCUT2D eigenvalue weighted by Gasteiger charge is -2.18. The quantitative estimate of drug-likeness (QED) is 0.216. The SMILES string of the molecule is COC(=O)[C@@H](Cc1ccccc1[N+](=O)[O-])NC(=O)c1c2ccccc2nc2ccccc12. The summed E-state index contributed by atoms with van der Waals surface area (Å²) in [7, 11) is 1.21. The first-order chi connectivity index (χ1) is 15.5. The van der Waals surface area contributed by atoms with Crippen molar-refractivity contribution in [3.63, 3.8) is 0 Å². The van der Waals surface area contributed by atoms with Crippen molar-refractivity contribution in [3.05, 3.63) is 94.0 Å². The van der Waals surface area contributed by atoms with Gasteiger partial charge in [0.1, 0.15) is 6.04 Å². The highest BCUT2D eigenvalue weighted by atomic mass is 16.6. The molecule has 4 rings (SSSR count). The Hall–Kier alpha value is -4.33. The molecule has 8 heteroatoms. The number of fused-ring (bicyclic) bond motifs is 2. The third kappa shape index (κ3) is 3.98. The van der Waals surface area contributed by atoms with Crippen molar-refractivity contribution in [2.75, 3.05) is 7.11 Å². The maximum Gasteiger partial charge on any atom is 0.328 e. The van der Waals surface area contributed by atoms with Gasteiger partial charge in [-0.1, -0.05) is 54.6 Å². The molecule has 1 heterocycles. The molecule has 0 unspecified atom stereocenters. The van der Waals surface area contributed by atoms with Gasteiger partial charge in [-0.15, -0.1) is 0 Å². The van der Waals surface area contributed by atoms with Crippen LogP contribution in [0.1, 0.15) is 15.9 Å². The summed E-state index contributed by atoms with van der Waals surface area (Å²) < 4.78 is 4.86. The number of esters is 1. The van der Waals surface area contributed by atoms with E-state index in [1.807, 2.05) is 24.3 Å². The van der Waals surface area contributed by atoms with Gasteiger partial charge in [-0.05, 0) is 12.1 Å². The number of rotatable bonds is 6. The van der Waals surface area contributed by atoms with E-state index in [2.05, 4.69) is 10.3 Å². The van der Waals surface area contributed by atoms with Gasteiger partial charge >= 0.3 is 5.97 Å². The van der Waals surface area contributed by atoms with E-state index in [0.717, 1.165) is 0 Å². The van der Waals surface area contributed by atoms with E-state index >= 15 is 0 Å². The van der Waals surface area contributed by atoms with Crippen molar-refractivity contribution in [2.24, 2.45) is 0 Å². The highest BCUT2D eigenvalue weighted by Gasteiger charge is 2.27. The zero-order valence-corrected chi connectivity index (χ0v) is 17.1. The van der Waals surface area contributed by atoms with E-state index in [4.69, 9.17) is 4.74 Å². The highest BCUT2D eigenvalue weighted by molar-refractivity contribution is 6.16. The van der Waals surface area contributed by atoms with Crippen molar-refractivity contribution in [1.82, 2.24) is 10.3 Å². The summed E-state index contributed by atoms with van der Waals surface area (Å²) in [5, 5.41) is 15.4. The highest BCUT2D eigenvalue weighted by Crippen LogP contribution is 2.26. The predicted molar refractivity (Wildman–Crippen MR) is 119 cm³/mol. The molecule has 1 aromatic heterocycles. The summed E-state index contributed by atoms with van der Waals surface area (Å²) in [4.78, 5) is 41.4. The van der Waals surface area contributed by atoms with Crippen LogP contribution in [0.25, 0.3) is 21.8 Å². The zero-order chi connectivity index (χ0) is 22.7. The van der Waals surface area contributed by atoms with Gasteiger partial charge in [0.05, 0.1) is 28.6 Å². The molecule has 0 saturated carbocycles. The average molecular weight is 429 g/mol. The predicted octanol–water partition coefficient (Wildman–Crippen LogP) is 3.81. The van der Waals surface area contributed by atoms with E-state index in [-0.39, 0.29) is 12.1 Å². The van der Waals surface area contributed by atoms with Crippen LogP contribution in [0.2, 0.25) is 0 Å². The largest absolute Gasteiger partial charge is 0.467 e. The fraction of sp³-hybridized carbons (Fsp3) is 0.125. The van der Waals surface area contributed by atoms with Gasteiger partial charge < -0.3 is 10.1 Å². The Morgan fingerprint density at radius 2 is 1.53 bits per heavy atom. The van der Waals surface area contributed by atoms with E-state index in [1.54, 1.807) is 42.5 Å². The first kappa shape index (κ1) is 20.9. The lowest BCUT2D eigenvalue weighted by molar-refractivity contribution is -0.385. The van der Waals surface area contributed by atoms with Gasteiger partial charge in [-0.3, -0.25) is 14.9 Å². The minimum atomic E-state index is -1.11. The summed E-state index contributed by atoms with van der Waals surface area (Å²) in [5.74, 6) is -1.19. The van der Waals surface area contributed by atoms with Crippen molar-refractivity contribution in [3.8, 4) is 0 Å². The van der Waals surface area contributed by atoms with Gasteiger partial charge in [-0.2, -0.15) is 0 Å². The molecular formula is C24H19N3O5. The number of amides is 1. The summed E-state index contributed by atoms with van der Waals surface area (Å²) >= 11 is 0. The number of hydrogen-bond acceptors (Lipinski definition) is 6. The van der Waals surface area contributed by atoms with Gasteiger partial charge in [-0.25, -0.2) is 9.78 Å². The van der Waals surface area contributed by atoms with Gasteiger partial charge in [0.2, 0.25) is 0 Å². The number of para-hydroxylation sites is 3. The molecule has 1 N–H and O–H groups in total. The summed E-state index contributed by atoms with van der Waals surface area (Å²) in [6.07, 6.45) is -0.0868. The third-order valence-electron chi connectivity index (χ3n) is 5.22. The Balaban J connectivity index is 1.76. The number of nitrogens with zero attached hydrogens (tertiary/aromatic N) is 2. The number of ether oxygens (including phenoxy) is 1. The maximum atomic E-state index is 13.4. The second kappa shape index (κ2) is 8.81. The maximum absolute atomic E-state index is 13.4. The first-order valence-electron chi connectivity index (χ1n) is 9.88. The van der Waals surface area contributed by atoms with Crippen LogP contribution in [0.15, 0.2) is 72.8 Å². The van der Waals surface area contributed by atoms with Crippen LogP contribution in [0.5, 0.6) is 0 Å². The zero-order valence-electron chi connectivity index (χ0n) is 17.1. The summed E-state index contributed by atoms with van der Waals surface area (Å²) in [6, 6.07) is 19.5. The monoisotopic (exact) mass is 429 g/mol. The molecule has 160 valence electrons. The smallest absolute Gasteiger partial charge is 0.328 e. The molecule has 0 aliphatic carbocycles. The van der Waals surface area contributed by atoms with Crippen molar-refractivity contribution in [2.45, 2.75) is 12.5 Å². The molecule has 0 spiro atoms. The van der Waals surface area contributed by atoms with E-state index in [9.17, 15) is 19.7 Å². The molecule has 0 saturated heterocycles. The first-order valence-corrected chi connectivity index (χ1v) is 9.88. The molecule has 1 amide bonds. The number of pyridine rings is 1. The number of methoxy groups -OCH3 is 1. The molecule has 0 fully saturated rings. The van der Waals surface area contributed by atoms with Gasteiger partial charge in [0, 0.05) is 28.8 Å². The molecule has 4 aromatic rings. The number of nitro benzene ring substituents is 1. The molecule has 0 bridgehead atoms. The van der Waals surface area contributed by atoms with Crippen LogP contribution < -0.4 is 5.32 Å². The second-order valence-corrected chi connectivity index (χ2v) is 7.16. The molecule has 0 radical (unpaired) electrons. The van der Waals surface area contributed by atoms with Crippen molar-refractivity contribution >= 4 is 39.4 Å². The normalized spacial score (nSPS) is 11.8. The second-order valence-electron chi connectivity index (χ2n) is 7.16. The number of nitro groups is 1. The Morgan fingerprint density at radius 1 is 0.969 bits per heavy atom. The number of carbonyl (C=O) groups excluding carboxylic acids is 2.